The smallest absolute Gasteiger partial charge is 0.146 e. The molecule has 0 fully saturated rings. The number of nitrogen functional groups attached to an aromatic ring is 1. The van der Waals surface area contributed by atoms with Crippen molar-refractivity contribution in [2.24, 2.45) is 0 Å². The van der Waals surface area contributed by atoms with Gasteiger partial charge >= 0.3 is 0 Å². The zero-order valence-electron chi connectivity index (χ0n) is 7.99. The first-order valence-corrected chi connectivity index (χ1v) is 4.48. The summed E-state index contributed by atoms with van der Waals surface area (Å²) in [5.74, 6) is 1.41. The van der Waals surface area contributed by atoms with Crippen LogP contribution in [-0.2, 0) is 6.42 Å². The zero-order chi connectivity index (χ0) is 10.1. The van der Waals surface area contributed by atoms with Crippen molar-refractivity contribution in [2.45, 2.75) is 12.5 Å². The highest BCUT2D eigenvalue weighted by Gasteiger charge is 2.24. The van der Waals surface area contributed by atoms with Gasteiger partial charge in [0.1, 0.15) is 17.6 Å². The monoisotopic (exact) mass is 195 g/mol. The minimum atomic E-state index is -0.167. The molecule has 0 saturated heterocycles. The predicted molar refractivity (Wildman–Crippen MR) is 52.6 cm³/mol. The van der Waals surface area contributed by atoms with Crippen molar-refractivity contribution in [3.63, 3.8) is 0 Å². The number of aliphatic hydroxyl groups is 1. The van der Waals surface area contributed by atoms with E-state index in [1.807, 2.05) is 6.07 Å². The third-order valence-electron chi connectivity index (χ3n) is 2.34. The second kappa shape index (κ2) is 3.38. The maximum absolute atomic E-state index is 8.96. The SMILES string of the molecule is COc1cc(N)c2c(c1)C[C@H](CO)O2. The summed E-state index contributed by atoms with van der Waals surface area (Å²) in [5.41, 5.74) is 7.34. The van der Waals surface area contributed by atoms with Crippen LogP contribution in [0.2, 0.25) is 0 Å². The Morgan fingerprint density at radius 3 is 3.07 bits per heavy atom. The first kappa shape index (κ1) is 9.15. The largest absolute Gasteiger partial charge is 0.497 e. The van der Waals surface area contributed by atoms with Gasteiger partial charge in [0.25, 0.3) is 0 Å². The molecule has 0 aliphatic carbocycles. The van der Waals surface area contributed by atoms with E-state index in [4.69, 9.17) is 20.3 Å². The third-order valence-corrected chi connectivity index (χ3v) is 2.34. The van der Waals surface area contributed by atoms with E-state index in [0.717, 1.165) is 11.3 Å². The summed E-state index contributed by atoms with van der Waals surface area (Å²) >= 11 is 0. The average molecular weight is 195 g/mol. The lowest BCUT2D eigenvalue weighted by Gasteiger charge is -2.08. The summed E-state index contributed by atoms with van der Waals surface area (Å²) in [4.78, 5) is 0. The number of benzene rings is 1. The average Bonchev–Trinajstić information content (AvgIpc) is 2.61. The molecule has 0 spiro atoms. The van der Waals surface area contributed by atoms with E-state index in [2.05, 4.69) is 0 Å². The Morgan fingerprint density at radius 1 is 1.64 bits per heavy atom. The molecule has 0 aromatic heterocycles. The van der Waals surface area contributed by atoms with Gasteiger partial charge in [0.05, 0.1) is 19.4 Å². The van der Waals surface area contributed by atoms with E-state index in [-0.39, 0.29) is 12.7 Å². The zero-order valence-corrected chi connectivity index (χ0v) is 7.99. The molecule has 0 unspecified atom stereocenters. The van der Waals surface area contributed by atoms with Crippen LogP contribution in [0.3, 0.4) is 0 Å². The molecule has 1 aromatic carbocycles. The van der Waals surface area contributed by atoms with Crippen LogP contribution in [0, 0.1) is 0 Å². The van der Waals surface area contributed by atoms with Crippen molar-refractivity contribution >= 4 is 5.69 Å². The quantitative estimate of drug-likeness (QED) is 0.677. The van der Waals surface area contributed by atoms with Crippen LogP contribution in [-0.4, -0.2) is 24.9 Å². The number of hydrogen-bond donors (Lipinski definition) is 2. The molecule has 0 radical (unpaired) electrons. The Labute approximate surface area is 82.2 Å². The molecule has 2 rings (SSSR count). The molecule has 1 heterocycles. The first-order chi connectivity index (χ1) is 6.74. The van der Waals surface area contributed by atoms with Crippen LogP contribution in [0.5, 0.6) is 11.5 Å². The molecule has 1 aliphatic heterocycles. The lowest BCUT2D eigenvalue weighted by Crippen LogP contribution is -2.17. The van der Waals surface area contributed by atoms with E-state index >= 15 is 0 Å². The molecule has 76 valence electrons. The fourth-order valence-electron chi connectivity index (χ4n) is 1.65. The number of aliphatic hydroxyl groups excluding tert-OH is 1. The van der Waals surface area contributed by atoms with Gasteiger partial charge in [-0.1, -0.05) is 0 Å². The van der Waals surface area contributed by atoms with Crippen LogP contribution in [0.15, 0.2) is 12.1 Å². The molecule has 3 N–H and O–H groups in total. The van der Waals surface area contributed by atoms with Gasteiger partial charge in [0.2, 0.25) is 0 Å². The molecule has 4 nitrogen and oxygen atoms in total. The molecular weight excluding hydrogens is 182 g/mol. The molecule has 0 saturated carbocycles. The second-order valence-electron chi connectivity index (χ2n) is 3.33. The number of rotatable bonds is 2. The molecule has 14 heavy (non-hydrogen) atoms. The van der Waals surface area contributed by atoms with Gasteiger partial charge in [-0.3, -0.25) is 0 Å². The van der Waals surface area contributed by atoms with E-state index in [1.54, 1.807) is 13.2 Å². The molecule has 1 atom stereocenters. The fraction of sp³-hybridized carbons (Fsp3) is 0.400. The normalized spacial score (nSPS) is 18.9. The van der Waals surface area contributed by atoms with Gasteiger partial charge in [-0.05, 0) is 6.07 Å². The van der Waals surface area contributed by atoms with Gasteiger partial charge in [-0.15, -0.1) is 0 Å². The van der Waals surface area contributed by atoms with Crippen molar-refractivity contribution < 1.29 is 14.6 Å². The lowest BCUT2D eigenvalue weighted by molar-refractivity contribution is 0.135. The Hall–Kier alpha value is -1.42. The Balaban J connectivity index is 2.37. The molecule has 4 heteroatoms. The van der Waals surface area contributed by atoms with E-state index in [0.29, 0.717) is 17.9 Å². The summed E-state index contributed by atoms with van der Waals surface area (Å²) in [6.45, 7) is 0.0104. The van der Waals surface area contributed by atoms with Crippen molar-refractivity contribution in [2.75, 3.05) is 19.5 Å². The summed E-state index contributed by atoms with van der Waals surface area (Å²) in [6, 6.07) is 3.61. The number of hydrogen-bond acceptors (Lipinski definition) is 4. The van der Waals surface area contributed by atoms with Gasteiger partial charge < -0.3 is 20.3 Å². The number of anilines is 1. The van der Waals surface area contributed by atoms with Gasteiger partial charge in [-0.2, -0.15) is 0 Å². The maximum Gasteiger partial charge on any atom is 0.146 e. The number of ether oxygens (including phenoxy) is 2. The topological polar surface area (TPSA) is 64.7 Å². The van der Waals surface area contributed by atoms with Crippen LogP contribution in [0.4, 0.5) is 5.69 Å². The summed E-state index contributed by atoms with van der Waals surface area (Å²) < 4.78 is 10.5. The molecule has 1 aliphatic rings. The number of fused-ring (bicyclic) bond motifs is 1. The number of methoxy groups -OCH3 is 1. The highest BCUT2D eigenvalue weighted by atomic mass is 16.5. The Kier molecular flexibility index (Phi) is 2.21. The van der Waals surface area contributed by atoms with Crippen molar-refractivity contribution in [3.05, 3.63) is 17.7 Å². The minimum absolute atomic E-state index is 0.0104. The fourth-order valence-corrected chi connectivity index (χ4v) is 1.65. The third kappa shape index (κ3) is 1.37. The predicted octanol–water partition coefficient (Wildman–Crippen LogP) is 0.573. The highest BCUT2D eigenvalue weighted by Crippen LogP contribution is 2.37. The molecular formula is C10H13NO3. The number of nitrogens with two attached hydrogens (primary N) is 1. The van der Waals surface area contributed by atoms with Crippen molar-refractivity contribution in [1.29, 1.82) is 0 Å². The van der Waals surface area contributed by atoms with Gasteiger partial charge in [0.15, 0.2) is 0 Å². The summed E-state index contributed by atoms with van der Waals surface area (Å²) in [7, 11) is 1.60. The van der Waals surface area contributed by atoms with E-state index < -0.39 is 0 Å². The van der Waals surface area contributed by atoms with Crippen LogP contribution >= 0.6 is 0 Å². The van der Waals surface area contributed by atoms with E-state index in [9.17, 15) is 0 Å². The summed E-state index contributed by atoms with van der Waals surface area (Å²) in [5, 5.41) is 8.96. The highest BCUT2D eigenvalue weighted by molar-refractivity contribution is 5.62. The standard InChI is InChI=1S/C10H13NO3/c1-13-7-2-6-3-8(5-12)14-10(6)9(11)4-7/h2,4,8,12H,3,5,11H2,1H3/t8-/m1/s1. The van der Waals surface area contributed by atoms with E-state index in [1.165, 1.54) is 0 Å². The minimum Gasteiger partial charge on any atom is -0.497 e. The second-order valence-corrected chi connectivity index (χ2v) is 3.33. The summed E-state index contributed by atoms with van der Waals surface area (Å²) in [6.07, 6.45) is 0.521. The Bertz CT molecular complexity index is 351. The Morgan fingerprint density at radius 2 is 2.43 bits per heavy atom. The van der Waals surface area contributed by atoms with Crippen LogP contribution < -0.4 is 15.2 Å². The van der Waals surface area contributed by atoms with Crippen LogP contribution in [0.25, 0.3) is 0 Å². The van der Waals surface area contributed by atoms with Gasteiger partial charge in [-0.25, -0.2) is 0 Å². The molecule has 1 aromatic rings. The first-order valence-electron chi connectivity index (χ1n) is 4.48. The van der Waals surface area contributed by atoms with Crippen LogP contribution in [0.1, 0.15) is 5.56 Å². The molecule has 0 amide bonds. The lowest BCUT2D eigenvalue weighted by atomic mass is 10.1. The van der Waals surface area contributed by atoms with Crippen molar-refractivity contribution in [3.8, 4) is 11.5 Å². The maximum atomic E-state index is 8.96. The molecule has 0 bridgehead atoms. The van der Waals surface area contributed by atoms with Gasteiger partial charge in [0, 0.05) is 18.1 Å². The van der Waals surface area contributed by atoms with Crippen molar-refractivity contribution in [1.82, 2.24) is 0 Å².